The van der Waals surface area contributed by atoms with Gasteiger partial charge in [0.2, 0.25) is 0 Å². The van der Waals surface area contributed by atoms with Crippen LogP contribution in [0.4, 0.5) is 0 Å². The normalized spacial score (nSPS) is 21.7. The van der Waals surface area contributed by atoms with Crippen LogP contribution in [0.5, 0.6) is 0 Å². The van der Waals surface area contributed by atoms with Gasteiger partial charge in [0.05, 0.1) is 0 Å². The minimum absolute atomic E-state index is 0.101. The molecule has 1 heterocycles. The molecule has 0 unspecified atom stereocenters. The lowest BCUT2D eigenvalue weighted by Crippen LogP contribution is -2.65. The number of nitrogens with one attached hydrogen (secondary N) is 1. The van der Waals surface area contributed by atoms with E-state index in [1.54, 1.807) is 13.8 Å². The number of hydrazine groups is 1. The van der Waals surface area contributed by atoms with Gasteiger partial charge in [-0.3, -0.25) is 15.0 Å². The maximum absolute atomic E-state index is 12.3. The van der Waals surface area contributed by atoms with Gasteiger partial charge >= 0.3 is 0 Å². The number of ketones is 1. The first-order valence-corrected chi connectivity index (χ1v) is 7.47. The molecule has 1 amide bonds. The molecule has 1 rings (SSSR count). The molecular formula is C17H28N2O2. The zero-order chi connectivity index (χ0) is 16.4. The van der Waals surface area contributed by atoms with Gasteiger partial charge in [0, 0.05) is 16.7 Å². The Morgan fingerprint density at radius 1 is 1.10 bits per heavy atom. The minimum Gasteiger partial charge on any atom is -0.290 e. The lowest BCUT2D eigenvalue weighted by molar-refractivity contribution is -0.135. The van der Waals surface area contributed by atoms with E-state index in [4.69, 9.17) is 0 Å². The molecule has 1 N–H and O–H groups in total. The summed E-state index contributed by atoms with van der Waals surface area (Å²) in [5.41, 5.74) is 3.62. The highest BCUT2D eigenvalue weighted by Crippen LogP contribution is 2.36. The summed E-state index contributed by atoms with van der Waals surface area (Å²) in [4.78, 5) is 24.0. The third-order valence-electron chi connectivity index (χ3n) is 4.13. The van der Waals surface area contributed by atoms with E-state index in [-0.39, 0.29) is 22.8 Å². The highest BCUT2D eigenvalue weighted by Gasteiger charge is 2.42. The van der Waals surface area contributed by atoms with Crippen LogP contribution in [0.3, 0.4) is 0 Å². The topological polar surface area (TPSA) is 49.4 Å². The van der Waals surface area contributed by atoms with Gasteiger partial charge in [-0.05, 0) is 72.5 Å². The Hall–Kier alpha value is -1.42. The van der Waals surface area contributed by atoms with Crippen LogP contribution in [-0.4, -0.2) is 27.8 Å². The number of rotatable bonds is 4. The molecule has 118 valence electrons. The van der Waals surface area contributed by atoms with E-state index in [9.17, 15) is 9.59 Å². The van der Waals surface area contributed by atoms with Crippen LogP contribution in [0.2, 0.25) is 0 Å². The number of hydrogen-bond acceptors (Lipinski definition) is 3. The summed E-state index contributed by atoms with van der Waals surface area (Å²) in [6.07, 6.45) is 4.56. The van der Waals surface area contributed by atoms with Gasteiger partial charge in [-0.2, -0.15) is 0 Å². The molecule has 1 aliphatic rings. The van der Waals surface area contributed by atoms with Gasteiger partial charge < -0.3 is 0 Å². The summed E-state index contributed by atoms with van der Waals surface area (Å²) < 4.78 is 0. The molecule has 1 fully saturated rings. The van der Waals surface area contributed by atoms with Crippen LogP contribution in [0.25, 0.3) is 0 Å². The predicted octanol–water partition coefficient (Wildman–Crippen LogP) is 3.15. The van der Waals surface area contributed by atoms with Crippen molar-refractivity contribution in [3.8, 4) is 0 Å². The Morgan fingerprint density at radius 2 is 1.57 bits per heavy atom. The second kappa shape index (κ2) is 6.14. The smallest absolute Gasteiger partial charge is 0.261 e. The Balaban J connectivity index is 2.90. The second-order valence-electron chi connectivity index (χ2n) is 7.23. The lowest BCUT2D eigenvalue weighted by Gasteiger charge is -2.52. The Bertz CT molecular complexity index is 471. The van der Waals surface area contributed by atoms with E-state index in [1.807, 2.05) is 5.01 Å². The van der Waals surface area contributed by atoms with E-state index in [0.29, 0.717) is 11.1 Å². The standard InChI is InChI=1S/C17H28N2O2/c1-12(2)14(20)11-13(3)15(21)18-19-16(4,5)9-8-10-17(19,6)7/h11H,1,8-10H2,2-7H3,(H,18,21)/b13-11+. The quantitative estimate of drug-likeness (QED) is 0.810. The molecule has 4 heteroatoms. The first-order chi connectivity index (χ1) is 9.47. The van der Waals surface area contributed by atoms with Crippen LogP contribution in [-0.2, 0) is 9.59 Å². The molecule has 0 aromatic heterocycles. The molecule has 0 aliphatic carbocycles. The van der Waals surface area contributed by atoms with Crippen molar-refractivity contribution in [3.63, 3.8) is 0 Å². The van der Waals surface area contributed by atoms with Crippen molar-refractivity contribution in [2.24, 2.45) is 0 Å². The van der Waals surface area contributed by atoms with Crippen molar-refractivity contribution < 1.29 is 9.59 Å². The van der Waals surface area contributed by atoms with Crippen molar-refractivity contribution in [2.75, 3.05) is 0 Å². The van der Waals surface area contributed by atoms with Gasteiger partial charge in [-0.15, -0.1) is 0 Å². The largest absolute Gasteiger partial charge is 0.290 e. The summed E-state index contributed by atoms with van der Waals surface area (Å²) in [7, 11) is 0. The van der Waals surface area contributed by atoms with Crippen LogP contribution in [0.15, 0.2) is 23.8 Å². The molecule has 0 radical (unpaired) electrons. The monoisotopic (exact) mass is 292 g/mol. The third kappa shape index (κ3) is 4.27. The zero-order valence-corrected chi connectivity index (χ0v) is 14.2. The summed E-state index contributed by atoms with van der Waals surface area (Å²) >= 11 is 0. The minimum atomic E-state index is -0.229. The van der Waals surface area contributed by atoms with Gasteiger partial charge in [0.15, 0.2) is 5.78 Å². The lowest BCUT2D eigenvalue weighted by atomic mass is 9.81. The van der Waals surface area contributed by atoms with Gasteiger partial charge in [-0.1, -0.05) is 6.58 Å². The van der Waals surface area contributed by atoms with Crippen LogP contribution >= 0.6 is 0 Å². The summed E-state index contributed by atoms with van der Waals surface area (Å²) in [6.45, 7) is 15.4. The summed E-state index contributed by atoms with van der Waals surface area (Å²) in [5.74, 6) is -0.438. The molecule has 0 aromatic rings. The fraction of sp³-hybridized carbons (Fsp3) is 0.647. The van der Waals surface area contributed by atoms with Crippen LogP contribution in [0, 0.1) is 0 Å². The highest BCUT2D eigenvalue weighted by molar-refractivity contribution is 6.08. The van der Waals surface area contributed by atoms with Crippen molar-refractivity contribution in [1.82, 2.24) is 10.4 Å². The number of carbonyl (C=O) groups excluding carboxylic acids is 2. The van der Waals surface area contributed by atoms with E-state index in [2.05, 4.69) is 39.7 Å². The van der Waals surface area contributed by atoms with Crippen molar-refractivity contribution in [3.05, 3.63) is 23.8 Å². The predicted molar refractivity (Wildman–Crippen MR) is 85.6 cm³/mol. The number of nitrogens with zero attached hydrogens (tertiary/aromatic N) is 1. The molecule has 1 saturated heterocycles. The highest BCUT2D eigenvalue weighted by atomic mass is 16.2. The Morgan fingerprint density at radius 3 is 2.00 bits per heavy atom. The first-order valence-electron chi connectivity index (χ1n) is 7.47. The van der Waals surface area contributed by atoms with Crippen LogP contribution < -0.4 is 5.43 Å². The van der Waals surface area contributed by atoms with Gasteiger partial charge in [-0.25, -0.2) is 5.01 Å². The Labute approximate surface area is 128 Å². The number of hydrogen-bond donors (Lipinski definition) is 1. The number of allylic oxidation sites excluding steroid dienone is 2. The molecule has 0 saturated carbocycles. The molecule has 1 aliphatic heterocycles. The van der Waals surface area contributed by atoms with Crippen molar-refractivity contribution in [2.45, 2.75) is 71.9 Å². The fourth-order valence-electron chi connectivity index (χ4n) is 2.87. The molecule has 0 aromatic carbocycles. The van der Waals surface area contributed by atoms with Crippen molar-refractivity contribution in [1.29, 1.82) is 0 Å². The molecule has 4 nitrogen and oxygen atoms in total. The number of piperidine rings is 1. The van der Waals surface area contributed by atoms with Gasteiger partial charge in [0.1, 0.15) is 0 Å². The summed E-state index contributed by atoms with van der Waals surface area (Å²) in [6, 6.07) is 0. The SMILES string of the molecule is C=C(C)C(=O)/C=C(\C)C(=O)NN1C(C)(C)CCCC1(C)C. The molecule has 0 bridgehead atoms. The van der Waals surface area contributed by atoms with Gasteiger partial charge in [0.25, 0.3) is 5.91 Å². The second-order valence-corrected chi connectivity index (χ2v) is 7.23. The number of carbonyl (C=O) groups is 2. The molecule has 0 atom stereocenters. The van der Waals surface area contributed by atoms with E-state index in [1.165, 1.54) is 6.08 Å². The zero-order valence-electron chi connectivity index (χ0n) is 14.2. The maximum Gasteiger partial charge on any atom is 0.261 e. The van der Waals surface area contributed by atoms with E-state index < -0.39 is 0 Å². The molecule has 0 spiro atoms. The molecule has 21 heavy (non-hydrogen) atoms. The maximum atomic E-state index is 12.3. The Kier molecular flexibility index (Phi) is 5.16. The molecular weight excluding hydrogens is 264 g/mol. The summed E-state index contributed by atoms with van der Waals surface area (Å²) in [5, 5.41) is 2.04. The average Bonchev–Trinajstić information content (AvgIpc) is 2.32. The van der Waals surface area contributed by atoms with Crippen molar-refractivity contribution >= 4 is 11.7 Å². The van der Waals surface area contributed by atoms with Crippen LogP contribution in [0.1, 0.15) is 60.8 Å². The third-order valence-corrected chi connectivity index (χ3v) is 4.13. The average molecular weight is 292 g/mol. The van der Waals surface area contributed by atoms with E-state index >= 15 is 0 Å². The number of amides is 1. The first kappa shape index (κ1) is 17.6. The van der Waals surface area contributed by atoms with E-state index in [0.717, 1.165) is 19.3 Å². The fourth-order valence-corrected chi connectivity index (χ4v) is 2.87.